The zero-order valence-electron chi connectivity index (χ0n) is 7.42. The predicted molar refractivity (Wildman–Crippen MR) is 47.3 cm³/mol. The molecule has 1 aromatic carbocycles. The van der Waals surface area contributed by atoms with E-state index in [0.29, 0.717) is 5.56 Å². The summed E-state index contributed by atoms with van der Waals surface area (Å²) in [6, 6.07) is 3.49. The van der Waals surface area contributed by atoms with Gasteiger partial charge in [0.05, 0.1) is 12.4 Å². The van der Waals surface area contributed by atoms with Crippen LogP contribution in [0, 0.1) is 17.5 Å². The Morgan fingerprint density at radius 1 is 0.867 bits per heavy atom. The number of hydrogen-bond acceptors (Lipinski definition) is 2. The largest absolute Gasteiger partial charge is 0.204 e. The second-order valence-corrected chi connectivity index (χ2v) is 2.85. The van der Waals surface area contributed by atoms with Crippen LogP contribution in [0.1, 0.15) is 0 Å². The van der Waals surface area contributed by atoms with Gasteiger partial charge in [0, 0.05) is 11.1 Å². The lowest BCUT2D eigenvalue weighted by atomic mass is 10.1. The van der Waals surface area contributed by atoms with E-state index in [4.69, 9.17) is 0 Å². The summed E-state index contributed by atoms with van der Waals surface area (Å²) >= 11 is 0. The maximum absolute atomic E-state index is 13.3. The summed E-state index contributed by atoms with van der Waals surface area (Å²) in [5.74, 6) is -3.91. The van der Waals surface area contributed by atoms with E-state index in [2.05, 4.69) is 10.2 Å². The van der Waals surface area contributed by atoms with Crippen LogP contribution in [0.15, 0.2) is 30.6 Å². The van der Waals surface area contributed by atoms with Gasteiger partial charge in [-0.2, -0.15) is 10.2 Å². The van der Waals surface area contributed by atoms with Crippen LogP contribution in [0.2, 0.25) is 0 Å². The van der Waals surface area contributed by atoms with E-state index in [1.54, 1.807) is 0 Å². The summed E-state index contributed by atoms with van der Waals surface area (Å²) in [4.78, 5) is 0. The fourth-order valence-corrected chi connectivity index (χ4v) is 1.20. The molecule has 76 valence electrons. The summed E-state index contributed by atoms with van der Waals surface area (Å²) in [6.45, 7) is 0. The third-order valence-corrected chi connectivity index (χ3v) is 1.93. The second-order valence-electron chi connectivity index (χ2n) is 2.85. The van der Waals surface area contributed by atoms with Crippen LogP contribution in [0.25, 0.3) is 11.1 Å². The Kier molecular flexibility index (Phi) is 2.37. The van der Waals surface area contributed by atoms with Gasteiger partial charge >= 0.3 is 0 Å². The van der Waals surface area contributed by atoms with Crippen molar-refractivity contribution >= 4 is 0 Å². The number of nitrogens with zero attached hydrogens (tertiary/aromatic N) is 2. The molecule has 0 unspecified atom stereocenters. The van der Waals surface area contributed by atoms with Crippen molar-refractivity contribution < 1.29 is 13.2 Å². The van der Waals surface area contributed by atoms with Gasteiger partial charge in [0.25, 0.3) is 0 Å². The van der Waals surface area contributed by atoms with Crippen LogP contribution in [-0.2, 0) is 0 Å². The lowest BCUT2D eigenvalue weighted by molar-refractivity contribution is 0.449. The van der Waals surface area contributed by atoms with Crippen LogP contribution in [0.4, 0.5) is 13.2 Å². The summed E-state index contributed by atoms with van der Waals surface area (Å²) in [5, 5.41) is 7.02. The zero-order valence-corrected chi connectivity index (χ0v) is 7.42. The molecule has 0 aliphatic carbocycles. The van der Waals surface area contributed by atoms with Crippen molar-refractivity contribution in [2.24, 2.45) is 0 Å². The van der Waals surface area contributed by atoms with Crippen LogP contribution < -0.4 is 0 Å². The topological polar surface area (TPSA) is 25.8 Å². The molecule has 0 aliphatic rings. The maximum atomic E-state index is 13.3. The molecule has 1 heterocycles. The van der Waals surface area contributed by atoms with Gasteiger partial charge in [-0.3, -0.25) is 0 Å². The average Bonchev–Trinajstić information content (AvgIpc) is 2.27. The van der Waals surface area contributed by atoms with Gasteiger partial charge in [0.1, 0.15) is 0 Å². The number of halogens is 3. The molecule has 0 aliphatic heterocycles. The van der Waals surface area contributed by atoms with E-state index < -0.39 is 17.5 Å². The minimum Gasteiger partial charge on any atom is -0.204 e. The second kappa shape index (κ2) is 3.68. The van der Waals surface area contributed by atoms with Crippen LogP contribution in [0.3, 0.4) is 0 Å². The standard InChI is InChI=1S/C10H5F3N2/c11-8-2-1-7(9(12)10(8)13)6-3-4-14-15-5-6/h1-5H. The van der Waals surface area contributed by atoms with E-state index in [1.165, 1.54) is 18.5 Å². The summed E-state index contributed by atoms with van der Waals surface area (Å²) in [5.41, 5.74) is 0.310. The summed E-state index contributed by atoms with van der Waals surface area (Å²) < 4.78 is 38.8. The molecule has 15 heavy (non-hydrogen) atoms. The highest BCUT2D eigenvalue weighted by Crippen LogP contribution is 2.24. The normalized spacial score (nSPS) is 10.3. The van der Waals surface area contributed by atoms with Gasteiger partial charge in [0.15, 0.2) is 17.5 Å². The fourth-order valence-electron chi connectivity index (χ4n) is 1.20. The van der Waals surface area contributed by atoms with Crippen molar-refractivity contribution in [1.29, 1.82) is 0 Å². The van der Waals surface area contributed by atoms with Gasteiger partial charge in [-0.1, -0.05) is 0 Å². The third kappa shape index (κ3) is 1.68. The van der Waals surface area contributed by atoms with Crippen molar-refractivity contribution in [3.63, 3.8) is 0 Å². The van der Waals surface area contributed by atoms with E-state index >= 15 is 0 Å². The fraction of sp³-hybridized carbons (Fsp3) is 0. The highest BCUT2D eigenvalue weighted by molar-refractivity contribution is 5.62. The van der Waals surface area contributed by atoms with Crippen LogP contribution in [0.5, 0.6) is 0 Å². The van der Waals surface area contributed by atoms with Crippen LogP contribution >= 0.6 is 0 Å². The molecule has 1 aromatic heterocycles. The van der Waals surface area contributed by atoms with E-state index in [0.717, 1.165) is 12.1 Å². The van der Waals surface area contributed by atoms with Gasteiger partial charge in [0.2, 0.25) is 0 Å². The Bertz CT molecular complexity index is 486. The molecule has 0 amide bonds. The lowest BCUT2D eigenvalue weighted by Gasteiger charge is -2.03. The molecule has 0 saturated heterocycles. The van der Waals surface area contributed by atoms with Crippen molar-refractivity contribution in [2.45, 2.75) is 0 Å². The molecule has 2 nitrogen and oxygen atoms in total. The first-order chi connectivity index (χ1) is 7.20. The number of hydrogen-bond donors (Lipinski definition) is 0. The average molecular weight is 210 g/mol. The molecule has 0 saturated carbocycles. The number of benzene rings is 1. The van der Waals surface area contributed by atoms with E-state index in [-0.39, 0.29) is 5.56 Å². The SMILES string of the molecule is Fc1ccc(-c2ccnnc2)c(F)c1F. The van der Waals surface area contributed by atoms with Gasteiger partial charge in [-0.05, 0) is 18.2 Å². The minimum atomic E-state index is -1.48. The molecule has 0 N–H and O–H groups in total. The first kappa shape index (κ1) is 9.64. The first-order valence-corrected chi connectivity index (χ1v) is 4.10. The van der Waals surface area contributed by atoms with Crippen molar-refractivity contribution in [3.05, 3.63) is 48.0 Å². The molecule has 0 spiro atoms. The molecule has 0 radical (unpaired) electrons. The van der Waals surface area contributed by atoms with Gasteiger partial charge in [-0.15, -0.1) is 0 Å². The van der Waals surface area contributed by atoms with Gasteiger partial charge < -0.3 is 0 Å². The molecule has 5 heteroatoms. The maximum Gasteiger partial charge on any atom is 0.195 e. The molecular formula is C10H5F3N2. The van der Waals surface area contributed by atoms with Crippen LogP contribution in [-0.4, -0.2) is 10.2 Å². The number of rotatable bonds is 1. The molecular weight excluding hydrogens is 205 g/mol. The lowest BCUT2D eigenvalue weighted by Crippen LogP contribution is -1.94. The minimum absolute atomic E-state index is 0.0381. The molecule has 0 atom stereocenters. The molecule has 2 rings (SSSR count). The molecule has 2 aromatic rings. The smallest absolute Gasteiger partial charge is 0.195 e. The Balaban J connectivity index is 2.60. The zero-order chi connectivity index (χ0) is 10.8. The van der Waals surface area contributed by atoms with E-state index in [1.807, 2.05) is 0 Å². The summed E-state index contributed by atoms with van der Waals surface area (Å²) in [6.07, 6.45) is 2.62. The van der Waals surface area contributed by atoms with Crippen molar-refractivity contribution in [1.82, 2.24) is 10.2 Å². The quantitative estimate of drug-likeness (QED) is 0.676. The van der Waals surface area contributed by atoms with Crippen molar-refractivity contribution in [2.75, 3.05) is 0 Å². The number of aromatic nitrogens is 2. The molecule has 0 bridgehead atoms. The van der Waals surface area contributed by atoms with E-state index in [9.17, 15) is 13.2 Å². The third-order valence-electron chi connectivity index (χ3n) is 1.93. The first-order valence-electron chi connectivity index (χ1n) is 4.10. The Morgan fingerprint density at radius 2 is 1.67 bits per heavy atom. The monoisotopic (exact) mass is 210 g/mol. The Morgan fingerprint density at radius 3 is 2.33 bits per heavy atom. The predicted octanol–water partition coefficient (Wildman–Crippen LogP) is 2.56. The van der Waals surface area contributed by atoms with Crippen molar-refractivity contribution in [3.8, 4) is 11.1 Å². The highest BCUT2D eigenvalue weighted by Gasteiger charge is 2.14. The highest BCUT2D eigenvalue weighted by atomic mass is 19.2. The van der Waals surface area contributed by atoms with Gasteiger partial charge in [-0.25, -0.2) is 13.2 Å². The summed E-state index contributed by atoms with van der Waals surface area (Å²) in [7, 11) is 0. The molecule has 0 fully saturated rings. The Hall–Kier alpha value is -1.91. The Labute approximate surface area is 83.4 Å².